The lowest BCUT2D eigenvalue weighted by Crippen LogP contribution is -2.34. The number of ether oxygens (including phenoxy) is 12. The minimum atomic E-state index is -0.466. The molecule has 0 heterocycles. The van der Waals surface area contributed by atoms with Gasteiger partial charge in [-0.05, 0) is 38.5 Å². The SMILES string of the molecule is C=CCC(CC=O)(COCCCCCCCCCCCCC)COCCCCCCCCCCCCC.C=CCC(CC=O)(COCCOCCOCCOCCOCCCCCCCCCCC)COCCOCCOCCOCCOCCCCCCCCCCC. The molecule has 0 spiro atoms. The number of rotatable bonds is 84. The van der Waals surface area contributed by atoms with Crippen LogP contribution in [0, 0.1) is 10.8 Å². The van der Waals surface area contributed by atoms with Crippen molar-refractivity contribution in [3.8, 4) is 0 Å². The van der Waals surface area contributed by atoms with Gasteiger partial charge in [0.2, 0.25) is 0 Å². The van der Waals surface area contributed by atoms with Gasteiger partial charge in [0, 0.05) is 50.1 Å². The van der Waals surface area contributed by atoms with Gasteiger partial charge in [0.05, 0.1) is 132 Å². The van der Waals surface area contributed by atoms with Crippen molar-refractivity contribution in [1.82, 2.24) is 0 Å². The highest BCUT2D eigenvalue weighted by atomic mass is 16.6. The Kier molecular flexibility index (Phi) is 84.1. The first kappa shape index (κ1) is 94.4. The first-order chi connectivity index (χ1) is 46.5. The van der Waals surface area contributed by atoms with Gasteiger partial charge in [-0.2, -0.15) is 0 Å². The number of carbonyl (C=O) groups excluding carboxylic acids is 2. The molecule has 560 valence electrons. The Morgan fingerprint density at radius 3 is 0.532 bits per heavy atom. The standard InChI is InChI=1S/C46H90O11.C34H66O3/c1-4-7-9-11-13-15-17-19-21-26-48-28-30-50-32-34-52-36-38-54-40-42-56-44-46(23-6-3,24-25-47)45-57-43-41-55-39-37-53-35-33-51-31-29-49-27-22-20-18-16-14-12-10-8-5-2;1-4-7-9-11-13-15-17-19-21-23-25-30-36-32-34(27-6-3,28-29-35)33-37-31-26-24-22-20-18-16-14-12-10-8-5-2/h6,25H,3-5,7-24,26-45H2,1-2H3;6,29H,3-5,7-28,30-33H2,1-2H3. The zero-order chi connectivity index (χ0) is 68.4. The number of unbranched alkanes of at least 4 members (excludes halogenated alkanes) is 36. The van der Waals surface area contributed by atoms with Crippen LogP contribution in [0.4, 0.5) is 0 Å². The van der Waals surface area contributed by atoms with Crippen LogP contribution in [-0.2, 0) is 66.4 Å². The number of carbonyl (C=O) groups is 2. The molecule has 0 radical (unpaired) electrons. The van der Waals surface area contributed by atoms with Crippen molar-refractivity contribution in [2.75, 3.05) is 159 Å². The molecule has 0 aromatic carbocycles. The van der Waals surface area contributed by atoms with Gasteiger partial charge in [-0.15, -0.1) is 13.2 Å². The van der Waals surface area contributed by atoms with Crippen molar-refractivity contribution in [1.29, 1.82) is 0 Å². The molecule has 0 unspecified atom stereocenters. The summed E-state index contributed by atoms with van der Waals surface area (Å²) in [5.74, 6) is 0. The van der Waals surface area contributed by atoms with Gasteiger partial charge >= 0.3 is 0 Å². The van der Waals surface area contributed by atoms with E-state index in [1.165, 1.54) is 231 Å². The molecule has 0 aliphatic heterocycles. The maximum absolute atomic E-state index is 11.5. The highest BCUT2D eigenvalue weighted by Crippen LogP contribution is 2.29. The highest BCUT2D eigenvalue weighted by molar-refractivity contribution is 5.51. The summed E-state index contributed by atoms with van der Waals surface area (Å²) in [6, 6.07) is 0. The predicted octanol–water partition coefficient (Wildman–Crippen LogP) is 20.2. The molecule has 0 saturated heterocycles. The highest BCUT2D eigenvalue weighted by Gasteiger charge is 2.31. The summed E-state index contributed by atoms with van der Waals surface area (Å²) in [5.41, 5.74) is -0.717. The van der Waals surface area contributed by atoms with Crippen LogP contribution >= 0.6 is 0 Å². The second-order valence-corrected chi connectivity index (χ2v) is 26.6. The molecule has 0 N–H and O–H groups in total. The Hall–Kier alpha value is -1.66. The summed E-state index contributed by atoms with van der Waals surface area (Å²) in [4.78, 5) is 22.9. The van der Waals surface area contributed by atoms with Crippen LogP contribution in [0.1, 0.15) is 310 Å². The average Bonchev–Trinajstić information content (AvgIpc) is 1.44. The first-order valence-electron chi connectivity index (χ1n) is 39.5. The van der Waals surface area contributed by atoms with Crippen LogP contribution < -0.4 is 0 Å². The molecule has 94 heavy (non-hydrogen) atoms. The van der Waals surface area contributed by atoms with E-state index in [9.17, 15) is 9.59 Å². The number of hydrogen-bond donors (Lipinski definition) is 0. The van der Waals surface area contributed by atoms with Crippen LogP contribution in [0.25, 0.3) is 0 Å². The molecule has 0 aliphatic carbocycles. The van der Waals surface area contributed by atoms with E-state index in [0.29, 0.717) is 151 Å². The van der Waals surface area contributed by atoms with Crippen molar-refractivity contribution in [3.05, 3.63) is 25.3 Å². The summed E-state index contributed by atoms with van der Waals surface area (Å²) in [6.07, 6.45) is 61.2. The molecule has 0 aromatic rings. The van der Waals surface area contributed by atoms with Crippen LogP contribution in [0.5, 0.6) is 0 Å². The third-order valence-corrected chi connectivity index (χ3v) is 17.4. The summed E-state index contributed by atoms with van der Waals surface area (Å²) < 4.78 is 68.9. The maximum atomic E-state index is 11.5. The van der Waals surface area contributed by atoms with Crippen molar-refractivity contribution in [2.24, 2.45) is 10.8 Å². The molecule has 0 atom stereocenters. The third kappa shape index (κ3) is 74.6. The first-order valence-corrected chi connectivity index (χ1v) is 39.5. The molecular weight excluding hydrogens is 1180 g/mol. The molecule has 0 fully saturated rings. The molecular formula is C80H156O14. The Morgan fingerprint density at radius 2 is 0.351 bits per heavy atom. The van der Waals surface area contributed by atoms with Crippen molar-refractivity contribution in [3.63, 3.8) is 0 Å². The summed E-state index contributed by atoms with van der Waals surface area (Å²) in [5, 5.41) is 0. The van der Waals surface area contributed by atoms with Gasteiger partial charge < -0.3 is 66.4 Å². The molecule has 0 bridgehead atoms. The maximum Gasteiger partial charge on any atom is 0.120 e. The lowest BCUT2D eigenvalue weighted by molar-refractivity contribution is -0.114. The van der Waals surface area contributed by atoms with Crippen LogP contribution in [0.3, 0.4) is 0 Å². The number of aldehydes is 2. The van der Waals surface area contributed by atoms with Crippen LogP contribution in [0.15, 0.2) is 25.3 Å². The van der Waals surface area contributed by atoms with Crippen molar-refractivity contribution < 1.29 is 66.4 Å². The molecule has 14 heteroatoms. The Balaban J connectivity index is 0. The fourth-order valence-corrected chi connectivity index (χ4v) is 11.4. The van der Waals surface area contributed by atoms with Gasteiger partial charge in [0.15, 0.2) is 0 Å². The van der Waals surface area contributed by atoms with Gasteiger partial charge in [0.1, 0.15) is 12.6 Å². The average molecular weight is 1340 g/mol. The molecule has 14 nitrogen and oxygen atoms in total. The lowest BCUT2D eigenvalue weighted by atomic mass is 9.83. The topological polar surface area (TPSA) is 145 Å². The minimum absolute atomic E-state index is 0.251. The van der Waals surface area contributed by atoms with Crippen molar-refractivity contribution in [2.45, 2.75) is 310 Å². The zero-order valence-corrected chi connectivity index (χ0v) is 62.5. The predicted molar refractivity (Wildman–Crippen MR) is 393 cm³/mol. The smallest absolute Gasteiger partial charge is 0.120 e. The summed E-state index contributed by atoms with van der Waals surface area (Å²) in [6.45, 7) is 30.3. The van der Waals surface area contributed by atoms with E-state index in [-0.39, 0.29) is 5.41 Å². The van der Waals surface area contributed by atoms with Gasteiger partial charge in [-0.3, -0.25) is 0 Å². The largest absolute Gasteiger partial charge is 0.381 e. The van der Waals surface area contributed by atoms with E-state index >= 15 is 0 Å². The monoisotopic (exact) mass is 1340 g/mol. The van der Waals surface area contributed by atoms with Crippen molar-refractivity contribution >= 4 is 12.6 Å². The van der Waals surface area contributed by atoms with Gasteiger partial charge in [0.25, 0.3) is 0 Å². The van der Waals surface area contributed by atoms with E-state index in [1.807, 2.05) is 12.2 Å². The third-order valence-electron chi connectivity index (χ3n) is 17.4. The van der Waals surface area contributed by atoms with Gasteiger partial charge in [-0.1, -0.05) is 271 Å². The quantitative estimate of drug-likeness (QED) is 0.0323. The van der Waals surface area contributed by atoms with E-state index in [0.717, 1.165) is 71.1 Å². The van der Waals surface area contributed by atoms with E-state index < -0.39 is 5.41 Å². The second kappa shape index (κ2) is 83.8. The normalized spacial score (nSPS) is 11.8. The zero-order valence-electron chi connectivity index (χ0n) is 62.5. The fraction of sp³-hybridized carbons (Fsp3) is 0.925. The van der Waals surface area contributed by atoms with Gasteiger partial charge in [-0.25, -0.2) is 0 Å². The minimum Gasteiger partial charge on any atom is -0.381 e. The Labute approximate surface area is 581 Å². The summed E-state index contributed by atoms with van der Waals surface area (Å²) >= 11 is 0. The molecule has 0 amide bonds. The van der Waals surface area contributed by atoms with Crippen LogP contribution in [0.2, 0.25) is 0 Å². The number of hydrogen-bond acceptors (Lipinski definition) is 14. The molecule has 0 saturated carbocycles. The van der Waals surface area contributed by atoms with E-state index in [1.54, 1.807) is 0 Å². The van der Waals surface area contributed by atoms with E-state index in [2.05, 4.69) is 40.9 Å². The Morgan fingerprint density at radius 1 is 0.202 bits per heavy atom. The fourth-order valence-electron chi connectivity index (χ4n) is 11.4. The van der Waals surface area contributed by atoms with Crippen LogP contribution in [-0.4, -0.2) is 171 Å². The summed E-state index contributed by atoms with van der Waals surface area (Å²) in [7, 11) is 0. The lowest BCUT2D eigenvalue weighted by Gasteiger charge is -2.30. The number of allylic oxidation sites excluding steroid dienone is 2. The Bertz CT molecular complexity index is 1330. The molecule has 0 aromatic heterocycles. The molecule has 0 aliphatic rings. The second-order valence-electron chi connectivity index (χ2n) is 26.6. The molecule has 0 rings (SSSR count). The van der Waals surface area contributed by atoms with E-state index in [4.69, 9.17) is 56.8 Å².